The van der Waals surface area contributed by atoms with E-state index in [0.717, 1.165) is 12.8 Å². The molecule has 0 saturated carbocycles. The Balaban J connectivity index is 1.27. The van der Waals surface area contributed by atoms with Crippen LogP contribution >= 0.6 is 0 Å². The fraction of sp³-hybridized carbons (Fsp3) is 0.424. The lowest BCUT2D eigenvalue weighted by Gasteiger charge is -2.34. The third-order valence-electron chi connectivity index (χ3n) is 9.40. The maximum Gasteiger partial charge on any atom is 0.319 e. The molecule has 2 aromatic heterocycles. The number of anilines is 1. The minimum atomic E-state index is -2.35. The highest BCUT2D eigenvalue weighted by Gasteiger charge is 2.49. The number of nitrogens with zero attached hydrogens (tertiary/aromatic N) is 5. The van der Waals surface area contributed by atoms with E-state index in [9.17, 15) is 13.9 Å². The topological polar surface area (TPSA) is 86.6 Å². The van der Waals surface area contributed by atoms with E-state index in [2.05, 4.69) is 21.2 Å². The summed E-state index contributed by atoms with van der Waals surface area (Å²) in [5, 5.41) is 15.0. The molecule has 0 spiro atoms. The van der Waals surface area contributed by atoms with Gasteiger partial charge in [0.2, 0.25) is 0 Å². The number of phenolic OH excluding ortho intramolecular Hbond substituents is 1. The maximum atomic E-state index is 16.8. The number of terminal acetylenes is 1. The second-order valence-corrected chi connectivity index (χ2v) is 12.2. The molecule has 0 amide bonds. The van der Waals surface area contributed by atoms with Gasteiger partial charge in [0, 0.05) is 58.0 Å². The summed E-state index contributed by atoms with van der Waals surface area (Å²) in [6.07, 6.45) is 6.91. The molecule has 2 N–H and O–H groups in total. The molecule has 44 heavy (non-hydrogen) atoms. The summed E-state index contributed by atoms with van der Waals surface area (Å²) in [5.74, 6) is 1.01. The Morgan fingerprint density at radius 2 is 2.02 bits per heavy atom. The minimum absolute atomic E-state index is 0.0816. The van der Waals surface area contributed by atoms with Crippen LogP contribution < -0.4 is 15.0 Å². The second kappa shape index (κ2) is 10.2. The van der Waals surface area contributed by atoms with Gasteiger partial charge in [-0.05, 0) is 55.8 Å². The first kappa shape index (κ1) is 24.2. The highest BCUT2D eigenvalue weighted by molar-refractivity contribution is 6.03. The highest BCUT2D eigenvalue weighted by Crippen LogP contribution is 2.42. The number of halogens is 3. The smallest absolute Gasteiger partial charge is 0.319 e. The van der Waals surface area contributed by atoms with Gasteiger partial charge in [0.1, 0.15) is 41.3 Å². The zero-order chi connectivity index (χ0) is 32.9. The van der Waals surface area contributed by atoms with Crippen molar-refractivity contribution in [3.63, 3.8) is 0 Å². The van der Waals surface area contributed by atoms with Crippen LogP contribution in [0.1, 0.15) is 41.8 Å². The first-order valence-corrected chi connectivity index (χ1v) is 14.8. The van der Waals surface area contributed by atoms with E-state index in [1.165, 1.54) is 35.4 Å². The number of nitrogens with one attached hydrogen (secondary N) is 1. The molecule has 4 aromatic rings. The summed E-state index contributed by atoms with van der Waals surface area (Å²) in [7, 11) is 0. The molecule has 2 bridgehead atoms. The molecule has 8 rings (SSSR count). The van der Waals surface area contributed by atoms with Crippen LogP contribution in [0.4, 0.5) is 19.0 Å². The van der Waals surface area contributed by atoms with Gasteiger partial charge in [0.05, 0.1) is 17.9 Å². The zero-order valence-electron chi connectivity index (χ0n) is 26.7. The first-order valence-electron chi connectivity index (χ1n) is 16.3. The molecular weight excluding hydrogens is 569 g/mol. The molecule has 2 unspecified atom stereocenters. The third-order valence-corrected chi connectivity index (χ3v) is 9.40. The average molecular weight is 604 g/mol. The Kier molecular flexibility index (Phi) is 5.62. The fourth-order valence-corrected chi connectivity index (χ4v) is 7.36. The molecule has 11 heteroatoms. The number of piperazine rings is 1. The van der Waals surface area contributed by atoms with Gasteiger partial charge in [0.25, 0.3) is 0 Å². The SMILES string of the molecule is [2H]C1([2H])CC[C@@]2(COc3nc(N4CC5CCC(C4)N5)c4cnc(-c5cc(O)cc6ccc(F)c(C#C)c56)c(F)c4n3)C[C@@]([2H])(F)CN12. The summed E-state index contributed by atoms with van der Waals surface area (Å²) in [6.45, 7) is -1.18. The highest BCUT2D eigenvalue weighted by atomic mass is 19.1. The van der Waals surface area contributed by atoms with E-state index >= 15 is 4.39 Å². The van der Waals surface area contributed by atoms with Gasteiger partial charge in [0.15, 0.2) is 5.82 Å². The molecule has 4 saturated heterocycles. The number of benzene rings is 2. The van der Waals surface area contributed by atoms with Gasteiger partial charge >= 0.3 is 6.01 Å². The van der Waals surface area contributed by atoms with Crippen LogP contribution in [0.25, 0.3) is 32.9 Å². The Labute approximate surface area is 256 Å². The number of fused-ring (bicyclic) bond motifs is 5. The zero-order valence-corrected chi connectivity index (χ0v) is 23.7. The predicted molar refractivity (Wildman–Crippen MR) is 160 cm³/mol. The lowest BCUT2D eigenvalue weighted by atomic mass is 9.95. The number of pyridine rings is 1. The standard InChI is InChI=1S/C33H31F3N6O2/c1-2-23-26(35)7-4-18-10-22(43)11-24(27(18)23)29-28(36)30-25(13-37-29)31(41-15-20-5-6-21(16-41)38-20)40-32(39-30)44-17-33-8-3-9-42(33)14-19(34)12-33/h1,4,7,10-11,13,19-21,38,43H,3,5-6,8-9,12,14-17H2/t19-,20?,21?,33+/m1/s1/i9D2,19D. The molecule has 4 aliphatic rings. The number of ether oxygens (including phenoxy) is 1. The van der Waals surface area contributed by atoms with Crippen molar-refractivity contribution < 1.29 is 27.1 Å². The normalized spacial score (nSPS) is 30.2. The molecule has 4 aliphatic heterocycles. The number of hydrogen-bond donors (Lipinski definition) is 2. The second-order valence-electron chi connectivity index (χ2n) is 12.2. The molecule has 0 aliphatic carbocycles. The molecule has 0 radical (unpaired) electrons. The van der Waals surface area contributed by atoms with Crippen molar-refractivity contribution in [1.82, 2.24) is 25.2 Å². The van der Waals surface area contributed by atoms with Crippen molar-refractivity contribution in [2.45, 2.75) is 55.9 Å². The van der Waals surface area contributed by atoms with Gasteiger partial charge in [-0.15, -0.1) is 6.42 Å². The number of aromatic nitrogens is 3. The predicted octanol–water partition coefficient (Wildman–Crippen LogP) is 4.71. The first-order chi connectivity index (χ1) is 22.4. The summed E-state index contributed by atoms with van der Waals surface area (Å²) >= 11 is 0. The Bertz CT molecular complexity index is 2000. The summed E-state index contributed by atoms with van der Waals surface area (Å²) in [4.78, 5) is 17.0. The number of aromatic hydroxyl groups is 1. The monoisotopic (exact) mass is 603 g/mol. The summed E-state index contributed by atoms with van der Waals surface area (Å²) in [6, 6.07) is 5.56. The van der Waals surface area contributed by atoms with Crippen molar-refractivity contribution in [3.05, 3.63) is 47.7 Å². The molecule has 8 nitrogen and oxygen atoms in total. The molecule has 6 heterocycles. The van der Waals surface area contributed by atoms with Crippen LogP contribution in [-0.2, 0) is 0 Å². The summed E-state index contributed by atoms with van der Waals surface area (Å²) in [5.41, 5.74) is -1.45. The number of alkyl halides is 1. The Hall–Kier alpha value is -4.14. The van der Waals surface area contributed by atoms with Crippen LogP contribution in [-0.4, -0.2) is 81.5 Å². The lowest BCUT2D eigenvalue weighted by Crippen LogP contribution is -2.51. The van der Waals surface area contributed by atoms with Crippen molar-refractivity contribution in [1.29, 1.82) is 0 Å². The minimum Gasteiger partial charge on any atom is -0.508 e. The third kappa shape index (κ3) is 4.34. The van der Waals surface area contributed by atoms with E-state index in [-0.39, 0.29) is 77.4 Å². The van der Waals surface area contributed by atoms with E-state index in [0.29, 0.717) is 29.7 Å². The Morgan fingerprint density at radius 1 is 1.20 bits per heavy atom. The molecule has 4 atom stereocenters. The van der Waals surface area contributed by atoms with Gasteiger partial charge in [-0.3, -0.25) is 9.88 Å². The largest absolute Gasteiger partial charge is 0.508 e. The fourth-order valence-electron chi connectivity index (χ4n) is 7.36. The molecule has 2 aromatic carbocycles. The molecule has 4 fully saturated rings. The van der Waals surface area contributed by atoms with Gasteiger partial charge in [-0.1, -0.05) is 12.0 Å². The van der Waals surface area contributed by atoms with Crippen LogP contribution in [0, 0.1) is 24.0 Å². The van der Waals surface area contributed by atoms with E-state index in [1.54, 1.807) is 0 Å². The van der Waals surface area contributed by atoms with Crippen LogP contribution in [0.3, 0.4) is 0 Å². The van der Waals surface area contributed by atoms with Crippen molar-refractivity contribution in [2.75, 3.05) is 37.6 Å². The van der Waals surface area contributed by atoms with Gasteiger partial charge < -0.3 is 20.1 Å². The van der Waals surface area contributed by atoms with Crippen LogP contribution in [0.2, 0.25) is 0 Å². The quantitative estimate of drug-likeness (QED) is 0.318. The Morgan fingerprint density at radius 3 is 2.82 bits per heavy atom. The van der Waals surface area contributed by atoms with E-state index in [4.69, 9.17) is 20.3 Å². The lowest BCUT2D eigenvalue weighted by molar-refractivity contribution is 0.107. The maximum absolute atomic E-state index is 16.8. The van der Waals surface area contributed by atoms with E-state index < -0.39 is 36.4 Å². The van der Waals surface area contributed by atoms with Crippen molar-refractivity contribution in [3.8, 4) is 35.4 Å². The van der Waals surface area contributed by atoms with Crippen molar-refractivity contribution >= 4 is 27.5 Å². The molecule has 226 valence electrons. The number of hydrogen-bond acceptors (Lipinski definition) is 8. The van der Waals surface area contributed by atoms with Crippen LogP contribution in [0.5, 0.6) is 11.8 Å². The average Bonchev–Trinajstić information content (AvgIpc) is 3.60. The summed E-state index contributed by atoms with van der Waals surface area (Å²) < 4.78 is 77.5. The number of rotatable bonds is 5. The van der Waals surface area contributed by atoms with Gasteiger partial charge in [-0.2, -0.15) is 9.97 Å². The molecular formula is C33H31F3N6O2. The van der Waals surface area contributed by atoms with Crippen LogP contribution in [0.15, 0.2) is 30.5 Å². The van der Waals surface area contributed by atoms with Crippen molar-refractivity contribution in [2.24, 2.45) is 0 Å². The number of phenols is 1. The van der Waals surface area contributed by atoms with Gasteiger partial charge in [-0.25, -0.2) is 13.2 Å². The van der Waals surface area contributed by atoms with E-state index in [1.807, 2.05) is 4.90 Å².